The van der Waals surface area contributed by atoms with E-state index >= 15 is 0 Å². The van der Waals surface area contributed by atoms with Crippen LogP contribution in [0.4, 0.5) is 11.5 Å². The highest BCUT2D eigenvalue weighted by atomic mass is 32.2. The summed E-state index contributed by atoms with van der Waals surface area (Å²) in [5.41, 5.74) is 1.02. The zero-order chi connectivity index (χ0) is 22.0. The third-order valence-corrected chi connectivity index (χ3v) is 7.87. The molecule has 1 N–H and O–H groups in total. The van der Waals surface area contributed by atoms with Gasteiger partial charge in [0.2, 0.25) is 10.0 Å². The number of benzene rings is 1. The van der Waals surface area contributed by atoms with Crippen molar-refractivity contribution in [3.05, 3.63) is 48.2 Å². The van der Waals surface area contributed by atoms with Gasteiger partial charge in [-0.3, -0.25) is 4.79 Å². The zero-order valence-electron chi connectivity index (χ0n) is 18.1. The number of hydrogen-bond donors (Lipinski definition) is 1. The summed E-state index contributed by atoms with van der Waals surface area (Å²) in [6.45, 7) is 7.27. The number of rotatable bonds is 5. The number of aromatic nitrogens is 1. The second-order valence-electron chi connectivity index (χ2n) is 8.85. The van der Waals surface area contributed by atoms with E-state index in [1.54, 1.807) is 22.6 Å². The predicted octanol–water partition coefficient (Wildman–Crippen LogP) is 3.60. The van der Waals surface area contributed by atoms with Gasteiger partial charge < -0.3 is 10.2 Å². The Kier molecular flexibility index (Phi) is 6.29. The van der Waals surface area contributed by atoms with Gasteiger partial charge in [0.1, 0.15) is 5.82 Å². The standard InChI is InChI=1S/C23H30N4O3S/c1-17-13-18(2)16-27(15-17)31(29,30)21-8-5-19(6-9-21)23(28)25-20-7-10-22(24-14-20)26-11-3-4-12-26/h5-10,14,17-18H,3-4,11-13,15-16H2,1-2H3,(H,25,28). The molecule has 1 amide bonds. The molecule has 4 rings (SSSR count). The van der Waals surface area contributed by atoms with E-state index in [-0.39, 0.29) is 10.8 Å². The minimum absolute atomic E-state index is 0.224. The largest absolute Gasteiger partial charge is 0.357 e. The number of sulfonamides is 1. The van der Waals surface area contributed by atoms with Crippen molar-refractivity contribution in [1.29, 1.82) is 0 Å². The lowest BCUT2D eigenvalue weighted by Crippen LogP contribution is -2.42. The summed E-state index contributed by atoms with van der Waals surface area (Å²) in [7, 11) is -3.56. The van der Waals surface area contributed by atoms with Crippen molar-refractivity contribution < 1.29 is 13.2 Å². The number of piperidine rings is 1. The molecule has 2 unspecified atom stereocenters. The maximum atomic E-state index is 13.0. The van der Waals surface area contributed by atoms with Gasteiger partial charge in [-0.1, -0.05) is 13.8 Å². The number of pyridine rings is 1. The van der Waals surface area contributed by atoms with Crippen LogP contribution in [-0.2, 0) is 10.0 Å². The van der Waals surface area contributed by atoms with Crippen LogP contribution in [0.2, 0.25) is 0 Å². The fourth-order valence-corrected chi connectivity index (χ4v) is 6.21. The number of hydrogen-bond acceptors (Lipinski definition) is 5. The molecule has 3 heterocycles. The van der Waals surface area contributed by atoms with Crippen molar-refractivity contribution >= 4 is 27.4 Å². The van der Waals surface area contributed by atoms with Crippen LogP contribution in [0.15, 0.2) is 47.5 Å². The molecule has 2 aliphatic rings. The van der Waals surface area contributed by atoms with Crippen LogP contribution >= 0.6 is 0 Å². The van der Waals surface area contributed by atoms with Gasteiger partial charge in [0.25, 0.3) is 5.91 Å². The summed E-state index contributed by atoms with van der Waals surface area (Å²) in [6, 6.07) is 9.91. The van der Waals surface area contributed by atoms with Gasteiger partial charge in [-0.05, 0) is 67.5 Å². The first-order valence-electron chi connectivity index (χ1n) is 11.0. The average molecular weight is 443 g/mol. The smallest absolute Gasteiger partial charge is 0.255 e. The lowest BCUT2D eigenvalue weighted by Gasteiger charge is -2.34. The molecular weight excluding hydrogens is 412 g/mol. The molecule has 0 spiro atoms. The Morgan fingerprint density at radius 3 is 2.23 bits per heavy atom. The summed E-state index contributed by atoms with van der Waals surface area (Å²) < 4.78 is 27.6. The van der Waals surface area contributed by atoms with E-state index in [1.165, 1.54) is 25.0 Å². The van der Waals surface area contributed by atoms with Crippen LogP contribution in [0.1, 0.15) is 43.5 Å². The lowest BCUT2D eigenvalue weighted by molar-refractivity contribution is 0.102. The van der Waals surface area contributed by atoms with E-state index in [0.29, 0.717) is 36.2 Å². The molecule has 2 aromatic rings. The van der Waals surface area contributed by atoms with Gasteiger partial charge in [-0.25, -0.2) is 13.4 Å². The quantitative estimate of drug-likeness (QED) is 0.765. The molecule has 1 aromatic carbocycles. The second kappa shape index (κ2) is 8.96. The van der Waals surface area contributed by atoms with Crippen LogP contribution < -0.4 is 10.2 Å². The highest BCUT2D eigenvalue weighted by molar-refractivity contribution is 7.89. The number of carbonyl (C=O) groups excluding carboxylic acids is 1. The highest BCUT2D eigenvalue weighted by Gasteiger charge is 2.31. The number of nitrogens with zero attached hydrogens (tertiary/aromatic N) is 3. The van der Waals surface area contributed by atoms with Crippen molar-refractivity contribution in [2.45, 2.75) is 38.0 Å². The Balaban J connectivity index is 1.42. The Morgan fingerprint density at radius 2 is 1.65 bits per heavy atom. The third kappa shape index (κ3) is 4.91. The summed E-state index contributed by atoms with van der Waals surface area (Å²) in [5.74, 6) is 1.31. The van der Waals surface area contributed by atoms with Crippen molar-refractivity contribution in [2.24, 2.45) is 11.8 Å². The maximum absolute atomic E-state index is 13.0. The monoisotopic (exact) mass is 442 g/mol. The van der Waals surface area contributed by atoms with E-state index in [0.717, 1.165) is 25.3 Å². The Bertz CT molecular complexity index is 1010. The van der Waals surface area contributed by atoms with E-state index in [4.69, 9.17) is 0 Å². The molecule has 7 nitrogen and oxygen atoms in total. The molecule has 166 valence electrons. The van der Waals surface area contributed by atoms with Gasteiger partial charge in [-0.15, -0.1) is 0 Å². The molecular formula is C23H30N4O3S. The van der Waals surface area contributed by atoms with E-state index in [9.17, 15) is 13.2 Å². The number of carbonyl (C=O) groups is 1. The van der Waals surface area contributed by atoms with Crippen LogP contribution in [0, 0.1) is 11.8 Å². The normalized spacial score (nSPS) is 22.5. The summed E-state index contributed by atoms with van der Waals surface area (Å²) in [4.78, 5) is 19.5. The number of anilines is 2. The van der Waals surface area contributed by atoms with Gasteiger partial charge in [0.15, 0.2) is 0 Å². The Morgan fingerprint density at radius 1 is 1.00 bits per heavy atom. The minimum atomic E-state index is -3.56. The first kappa shape index (κ1) is 21.8. The molecule has 2 aliphatic heterocycles. The van der Waals surface area contributed by atoms with Crippen LogP contribution in [-0.4, -0.2) is 49.8 Å². The Labute approximate surface area is 184 Å². The molecule has 0 aliphatic carbocycles. The van der Waals surface area contributed by atoms with Crippen molar-refractivity contribution in [1.82, 2.24) is 9.29 Å². The molecule has 2 atom stereocenters. The highest BCUT2D eigenvalue weighted by Crippen LogP contribution is 2.27. The lowest BCUT2D eigenvalue weighted by atomic mass is 9.94. The first-order chi connectivity index (χ1) is 14.8. The van der Waals surface area contributed by atoms with E-state index in [2.05, 4.69) is 29.0 Å². The Hall–Kier alpha value is -2.45. The average Bonchev–Trinajstić information content (AvgIpc) is 3.28. The molecule has 31 heavy (non-hydrogen) atoms. The van der Waals surface area contributed by atoms with Gasteiger partial charge >= 0.3 is 0 Å². The SMILES string of the molecule is CC1CC(C)CN(S(=O)(=O)c2ccc(C(=O)Nc3ccc(N4CCCC4)nc3)cc2)C1. The molecule has 2 saturated heterocycles. The fraction of sp³-hybridized carbons (Fsp3) is 0.478. The summed E-state index contributed by atoms with van der Waals surface area (Å²) in [6.07, 6.45) is 5.06. The van der Waals surface area contributed by atoms with E-state index < -0.39 is 10.0 Å². The fourth-order valence-electron chi connectivity index (χ4n) is 4.53. The second-order valence-corrected chi connectivity index (χ2v) is 10.8. The molecule has 0 saturated carbocycles. The zero-order valence-corrected chi connectivity index (χ0v) is 18.9. The summed E-state index contributed by atoms with van der Waals surface area (Å²) >= 11 is 0. The van der Waals surface area contributed by atoms with Crippen molar-refractivity contribution in [3.63, 3.8) is 0 Å². The molecule has 8 heteroatoms. The maximum Gasteiger partial charge on any atom is 0.255 e. The molecule has 0 radical (unpaired) electrons. The molecule has 2 fully saturated rings. The van der Waals surface area contributed by atoms with E-state index in [1.807, 2.05) is 12.1 Å². The van der Waals surface area contributed by atoms with Crippen LogP contribution in [0.5, 0.6) is 0 Å². The van der Waals surface area contributed by atoms with Crippen molar-refractivity contribution in [3.8, 4) is 0 Å². The summed E-state index contributed by atoms with van der Waals surface area (Å²) in [5, 5.41) is 2.83. The van der Waals surface area contributed by atoms with Crippen molar-refractivity contribution in [2.75, 3.05) is 36.4 Å². The first-order valence-corrected chi connectivity index (χ1v) is 12.4. The molecule has 1 aromatic heterocycles. The number of nitrogens with one attached hydrogen (secondary N) is 1. The molecule has 0 bridgehead atoms. The van der Waals surface area contributed by atoms with Gasteiger partial charge in [-0.2, -0.15) is 4.31 Å². The predicted molar refractivity (Wildman–Crippen MR) is 122 cm³/mol. The third-order valence-electron chi connectivity index (χ3n) is 6.03. The van der Waals surface area contributed by atoms with Crippen LogP contribution in [0.3, 0.4) is 0 Å². The van der Waals surface area contributed by atoms with Crippen LogP contribution in [0.25, 0.3) is 0 Å². The van der Waals surface area contributed by atoms with Gasteiger partial charge in [0, 0.05) is 31.7 Å². The van der Waals surface area contributed by atoms with Gasteiger partial charge in [0.05, 0.1) is 16.8 Å². The number of amides is 1. The minimum Gasteiger partial charge on any atom is -0.357 e. The topological polar surface area (TPSA) is 82.6 Å².